The molecule has 4 rings (SSSR count). The van der Waals surface area contributed by atoms with Gasteiger partial charge < -0.3 is 5.21 Å². The number of sulfonamides is 1. The van der Waals surface area contributed by atoms with Crippen LogP contribution in [0.5, 0.6) is 0 Å². The summed E-state index contributed by atoms with van der Waals surface area (Å²) < 4.78 is 68.3. The van der Waals surface area contributed by atoms with Crippen LogP contribution in [0.2, 0.25) is 5.02 Å². The Labute approximate surface area is 196 Å². The Balaban J connectivity index is 1.77. The number of nitrogens with zero attached hydrogens (tertiary/aromatic N) is 3. The maximum atomic E-state index is 13.3. The molecule has 0 radical (unpaired) electrons. The van der Waals surface area contributed by atoms with Crippen LogP contribution in [0.4, 0.5) is 18.9 Å². The summed E-state index contributed by atoms with van der Waals surface area (Å²) in [5.74, 6) is -0.593. The molecule has 0 amide bonds. The van der Waals surface area contributed by atoms with Crippen molar-refractivity contribution in [1.29, 1.82) is 0 Å². The smallest absolute Gasteiger partial charge is 0.417 e. The number of nitrogens with one attached hydrogen (secondary N) is 1. The van der Waals surface area contributed by atoms with Crippen LogP contribution < -0.4 is 4.72 Å². The molecular weight excluding hydrogens is 497 g/mol. The molecule has 1 aromatic heterocycles. The van der Waals surface area contributed by atoms with Gasteiger partial charge in [-0.1, -0.05) is 11.6 Å². The third kappa shape index (κ3) is 4.29. The number of anilines is 1. The van der Waals surface area contributed by atoms with E-state index in [2.05, 4.69) is 14.7 Å². The predicted octanol–water partition coefficient (Wildman–Crippen LogP) is 4.63. The van der Waals surface area contributed by atoms with E-state index in [0.717, 1.165) is 16.9 Å². The Morgan fingerprint density at radius 1 is 1.15 bits per heavy atom. The SMILES string of the molecule is Cc1cnc(C(=O)c2ccn(O)c3nccc2-3)c(NS(=O)(=O)c2ccc(Cl)c(C(F)(F)F)c2)c1. The maximum Gasteiger partial charge on any atom is 0.417 e. The van der Waals surface area contributed by atoms with Gasteiger partial charge in [0.1, 0.15) is 5.69 Å². The first-order chi connectivity index (χ1) is 15.9. The number of aromatic nitrogens is 3. The third-order valence-electron chi connectivity index (χ3n) is 4.85. The minimum Gasteiger partial charge on any atom is -0.427 e. The summed E-state index contributed by atoms with van der Waals surface area (Å²) in [6.45, 7) is 1.60. The van der Waals surface area contributed by atoms with Crippen molar-refractivity contribution in [3.63, 3.8) is 0 Å². The lowest BCUT2D eigenvalue weighted by Gasteiger charge is -2.15. The van der Waals surface area contributed by atoms with Gasteiger partial charge in [0, 0.05) is 29.7 Å². The van der Waals surface area contributed by atoms with E-state index >= 15 is 0 Å². The molecule has 0 saturated heterocycles. The van der Waals surface area contributed by atoms with Crippen LogP contribution in [-0.2, 0) is 16.2 Å². The summed E-state index contributed by atoms with van der Waals surface area (Å²) >= 11 is 5.58. The van der Waals surface area contributed by atoms with Crippen molar-refractivity contribution in [2.24, 2.45) is 0 Å². The molecule has 0 fully saturated rings. The fourth-order valence-electron chi connectivity index (χ4n) is 3.27. The predicted molar refractivity (Wildman–Crippen MR) is 116 cm³/mol. The van der Waals surface area contributed by atoms with Crippen LogP contribution >= 0.6 is 11.6 Å². The van der Waals surface area contributed by atoms with E-state index in [9.17, 15) is 31.6 Å². The number of rotatable bonds is 5. The number of pyridine rings is 2. The minimum atomic E-state index is -4.87. The zero-order valence-corrected chi connectivity index (χ0v) is 18.7. The average molecular weight is 511 g/mol. The van der Waals surface area contributed by atoms with Gasteiger partial charge in [-0.05, 0) is 48.9 Å². The lowest BCUT2D eigenvalue weighted by molar-refractivity contribution is -0.137. The van der Waals surface area contributed by atoms with E-state index in [-0.39, 0.29) is 22.8 Å². The fourth-order valence-corrected chi connectivity index (χ4v) is 4.58. The molecule has 1 aromatic carbocycles. The van der Waals surface area contributed by atoms with Crippen LogP contribution in [0.3, 0.4) is 0 Å². The summed E-state index contributed by atoms with van der Waals surface area (Å²) in [6.07, 6.45) is -0.971. The molecule has 176 valence electrons. The lowest BCUT2D eigenvalue weighted by Crippen LogP contribution is -2.18. The highest BCUT2D eigenvalue weighted by Gasteiger charge is 2.35. The number of carbonyl (C=O) groups excluding carboxylic acids is 1. The van der Waals surface area contributed by atoms with Crippen molar-refractivity contribution in [3.05, 3.63) is 82.4 Å². The zero-order chi connectivity index (χ0) is 24.8. The van der Waals surface area contributed by atoms with Gasteiger partial charge in [-0.2, -0.15) is 17.9 Å². The largest absolute Gasteiger partial charge is 0.427 e. The first kappa shape index (κ1) is 23.5. The van der Waals surface area contributed by atoms with Crippen LogP contribution in [0.1, 0.15) is 27.2 Å². The van der Waals surface area contributed by atoms with E-state index in [1.807, 2.05) is 0 Å². The minimum absolute atomic E-state index is 0.0838. The van der Waals surface area contributed by atoms with Crippen LogP contribution in [0.15, 0.2) is 59.9 Å². The van der Waals surface area contributed by atoms with Crippen molar-refractivity contribution in [3.8, 4) is 11.4 Å². The molecular formula is C21H14ClF3N4O4S. The molecule has 0 bridgehead atoms. The molecule has 13 heteroatoms. The topological polar surface area (TPSA) is 114 Å². The van der Waals surface area contributed by atoms with Gasteiger partial charge in [-0.25, -0.2) is 13.4 Å². The van der Waals surface area contributed by atoms with Gasteiger partial charge in [-0.15, -0.1) is 0 Å². The number of halogens is 4. The van der Waals surface area contributed by atoms with Crippen LogP contribution in [-0.4, -0.2) is 34.1 Å². The van der Waals surface area contributed by atoms with Crippen molar-refractivity contribution in [1.82, 2.24) is 14.7 Å². The van der Waals surface area contributed by atoms with Gasteiger partial charge in [-0.3, -0.25) is 14.5 Å². The van der Waals surface area contributed by atoms with E-state index < -0.39 is 37.5 Å². The second kappa shape index (κ2) is 8.29. The molecule has 0 atom stereocenters. The van der Waals surface area contributed by atoms with E-state index in [4.69, 9.17) is 11.6 Å². The summed E-state index contributed by atoms with van der Waals surface area (Å²) in [4.78, 5) is 20.6. The Morgan fingerprint density at radius 3 is 2.59 bits per heavy atom. The number of hydrogen-bond donors (Lipinski definition) is 2. The number of aryl methyl sites for hydroxylation is 1. The quantitative estimate of drug-likeness (QED) is 0.299. The van der Waals surface area contributed by atoms with Crippen molar-refractivity contribution in [2.45, 2.75) is 18.0 Å². The second-order valence-electron chi connectivity index (χ2n) is 7.24. The van der Waals surface area contributed by atoms with Crippen molar-refractivity contribution in [2.75, 3.05) is 4.72 Å². The number of hydrogen-bond acceptors (Lipinski definition) is 6. The van der Waals surface area contributed by atoms with Gasteiger partial charge in [0.2, 0.25) is 5.78 Å². The second-order valence-corrected chi connectivity index (χ2v) is 9.33. The maximum absolute atomic E-state index is 13.3. The first-order valence-electron chi connectivity index (χ1n) is 9.45. The number of ketones is 1. The highest BCUT2D eigenvalue weighted by molar-refractivity contribution is 7.92. The first-order valence-corrected chi connectivity index (χ1v) is 11.3. The standard InChI is InChI=1S/C21H14ClF3N4O4S/c1-11-8-17(28-34(32,33)12-2-3-16(22)15(9-12)21(23,24)25)18(27-10-11)19(30)13-5-7-29(31)20-14(13)4-6-26-20/h2-10,28,31H,1H3. The molecule has 3 heterocycles. The summed E-state index contributed by atoms with van der Waals surface area (Å²) in [6, 6.07) is 6.27. The van der Waals surface area contributed by atoms with Gasteiger partial charge in [0.05, 0.1) is 21.2 Å². The molecule has 8 nitrogen and oxygen atoms in total. The Morgan fingerprint density at radius 2 is 1.88 bits per heavy atom. The highest BCUT2D eigenvalue weighted by Crippen LogP contribution is 2.36. The molecule has 34 heavy (non-hydrogen) atoms. The van der Waals surface area contributed by atoms with Crippen molar-refractivity contribution >= 4 is 33.1 Å². The summed E-state index contributed by atoms with van der Waals surface area (Å²) in [5, 5.41) is 9.20. The summed E-state index contributed by atoms with van der Waals surface area (Å²) in [5.41, 5.74) is -0.982. The molecule has 0 saturated carbocycles. The normalized spacial score (nSPS) is 12.1. The lowest BCUT2D eigenvalue weighted by atomic mass is 10.0. The van der Waals surface area contributed by atoms with E-state index in [1.165, 1.54) is 36.8 Å². The van der Waals surface area contributed by atoms with E-state index in [0.29, 0.717) is 17.2 Å². The third-order valence-corrected chi connectivity index (χ3v) is 6.54. The van der Waals surface area contributed by atoms with Gasteiger partial charge >= 0.3 is 6.18 Å². The molecule has 0 spiro atoms. The summed E-state index contributed by atoms with van der Waals surface area (Å²) in [7, 11) is -4.56. The Hall–Kier alpha value is -3.64. The number of fused-ring (bicyclic) bond motifs is 1. The molecule has 0 unspecified atom stereocenters. The van der Waals surface area contributed by atoms with Gasteiger partial charge in [0.15, 0.2) is 5.82 Å². The molecule has 2 aromatic rings. The van der Waals surface area contributed by atoms with Crippen molar-refractivity contribution < 1.29 is 31.6 Å². The molecule has 0 aliphatic carbocycles. The highest BCUT2D eigenvalue weighted by atomic mass is 35.5. The fraction of sp³-hybridized carbons (Fsp3) is 0.0952. The average Bonchev–Trinajstić information content (AvgIpc) is 3.23. The number of benzene rings is 1. The monoisotopic (exact) mass is 510 g/mol. The van der Waals surface area contributed by atoms with Crippen LogP contribution in [0.25, 0.3) is 11.4 Å². The van der Waals surface area contributed by atoms with Gasteiger partial charge in [0.25, 0.3) is 10.0 Å². The number of carbonyl (C=O) groups is 1. The molecule has 2 aliphatic heterocycles. The van der Waals surface area contributed by atoms with Crippen LogP contribution in [0, 0.1) is 6.92 Å². The number of alkyl halides is 3. The molecule has 2 N–H and O–H groups in total. The molecule has 2 aliphatic rings. The zero-order valence-electron chi connectivity index (χ0n) is 17.1. The van der Waals surface area contributed by atoms with E-state index in [1.54, 1.807) is 6.92 Å². The Bertz CT molecular complexity index is 1500. The Kier molecular flexibility index (Phi) is 5.74.